The largest absolute Gasteiger partial charge is 0.336 e. The van der Waals surface area contributed by atoms with Crippen molar-refractivity contribution in [1.82, 2.24) is 15.1 Å². The van der Waals surface area contributed by atoms with Crippen LogP contribution < -0.4 is 5.32 Å². The van der Waals surface area contributed by atoms with Crippen molar-refractivity contribution in [2.75, 3.05) is 6.54 Å². The van der Waals surface area contributed by atoms with Crippen molar-refractivity contribution < 1.29 is 23.2 Å². The third kappa shape index (κ3) is 3.40. The van der Waals surface area contributed by atoms with E-state index in [0.29, 0.717) is 0 Å². The number of nitrogens with zero attached hydrogens (tertiary/aromatic N) is 2. The Morgan fingerprint density at radius 2 is 1.77 bits per heavy atom. The van der Waals surface area contributed by atoms with Gasteiger partial charge in [-0.25, -0.2) is 13.6 Å². The average Bonchev–Trinajstić information content (AvgIpc) is 2.73. The van der Waals surface area contributed by atoms with Crippen LogP contribution in [0.15, 0.2) is 18.2 Å². The van der Waals surface area contributed by atoms with E-state index in [-0.39, 0.29) is 17.6 Å². The highest BCUT2D eigenvalue weighted by molar-refractivity contribution is 6.09. The minimum absolute atomic E-state index is 0.115. The van der Waals surface area contributed by atoms with Crippen LogP contribution in [0.1, 0.15) is 40.2 Å². The molecule has 0 aliphatic carbocycles. The van der Waals surface area contributed by atoms with Gasteiger partial charge in [0.25, 0.3) is 5.91 Å². The third-order valence-corrected chi connectivity index (χ3v) is 4.44. The molecule has 1 atom stereocenters. The highest BCUT2D eigenvalue weighted by Crippen LogP contribution is 2.31. The molecule has 1 N–H and O–H groups in total. The number of urea groups is 1. The van der Waals surface area contributed by atoms with Gasteiger partial charge in [-0.05, 0) is 52.8 Å². The van der Waals surface area contributed by atoms with Gasteiger partial charge in [-0.1, -0.05) is 0 Å². The molecule has 0 unspecified atom stereocenters. The molecule has 1 heterocycles. The first-order valence-corrected chi connectivity index (χ1v) is 8.39. The molecule has 26 heavy (non-hydrogen) atoms. The van der Waals surface area contributed by atoms with Gasteiger partial charge in [0.15, 0.2) is 0 Å². The lowest BCUT2D eigenvalue weighted by Crippen LogP contribution is -2.49. The maximum atomic E-state index is 14.1. The van der Waals surface area contributed by atoms with Gasteiger partial charge in [-0.3, -0.25) is 14.5 Å². The van der Waals surface area contributed by atoms with Gasteiger partial charge in [0.1, 0.15) is 23.7 Å². The van der Waals surface area contributed by atoms with Crippen LogP contribution in [0.5, 0.6) is 0 Å². The zero-order valence-corrected chi connectivity index (χ0v) is 15.5. The Morgan fingerprint density at radius 1 is 1.19 bits per heavy atom. The second-order valence-corrected chi connectivity index (χ2v) is 7.06. The molecule has 4 amide bonds. The molecule has 0 aromatic heterocycles. The van der Waals surface area contributed by atoms with E-state index < -0.39 is 41.6 Å². The number of carbonyl (C=O) groups excluding carboxylic acids is 3. The SMILES string of the molecule is CC(C)N(C(=O)CN1C(=O)N[C@](C)(c2cc(F)ccc2F)C1=O)C(C)C. The molecule has 1 aromatic rings. The minimum atomic E-state index is -1.77. The van der Waals surface area contributed by atoms with Crippen LogP contribution in [-0.2, 0) is 15.1 Å². The Balaban J connectivity index is 2.31. The molecule has 1 aliphatic rings. The van der Waals surface area contributed by atoms with E-state index >= 15 is 0 Å². The summed E-state index contributed by atoms with van der Waals surface area (Å²) in [4.78, 5) is 39.9. The summed E-state index contributed by atoms with van der Waals surface area (Å²) in [6, 6.07) is 1.64. The second-order valence-electron chi connectivity index (χ2n) is 7.06. The highest BCUT2D eigenvalue weighted by atomic mass is 19.1. The van der Waals surface area contributed by atoms with Gasteiger partial charge in [0.05, 0.1) is 0 Å². The molecule has 1 aromatic carbocycles. The Labute approximate surface area is 151 Å². The predicted octanol–water partition coefficient (Wildman–Crippen LogP) is 2.38. The van der Waals surface area contributed by atoms with Crippen LogP contribution >= 0.6 is 0 Å². The normalized spacial score (nSPS) is 20.1. The fourth-order valence-corrected chi connectivity index (χ4v) is 3.29. The van der Waals surface area contributed by atoms with Crippen LogP contribution in [0.4, 0.5) is 13.6 Å². The zero-order valence-electron chi connectivity index (χ0n) is 15.5. The van der Waals surface area contributed by atoms with Crippen LogP contribution in [-0.4, -0.2) is 46.3 Å². The van der Waals surface area contributed by atoms with E-state index in [2.05, 4.69) is 5.32 Å². The molecule has 6 nitrogen and oxygen atoms in total. The molecule has 1 aliphatic heterocycles. The molecule has 142 valence electrons. The Hall–Kier alpha value is -2.51. The molecule has 0 spiro atoms. The molecule has 1 saturated heterocycles. The van der Waals surface area contributed by atoms with Crippen molar-refractivity contribution >= 4 is 17.8 Å². The van der Waals surface area contributed by atoms with E-state index in [4.69, 9.17) is 0 Å². The molecular weight excluding hydrogens is 344 g/mol. The van der Waals surface area contributed by atoms with Gasteiger partial charge in [0.2, 0.25) is 5.91 Å². The number of hydrogen-bond acceptors (Lipinski definition) is 3. The monoisotopic (exact) mass is 367 g/mol. The third-order valence-electron chi connectivity index (χ3n) is 4.44. The number of rotatable bonds is 5. The van der Waals surface area contributed by atoms with Gasteiger partial charge < -0.3 is 10.2 Å². The Morgan fingerprint density at radius 3 is 2.31 bits per heavy atom. The van der Waals surface area contributed by atoms with Crippen molar-refractivity contribution in [3.8, 4) is 0 Å². The molecular formula is C18H23F2N3O3. The average molecular weight is 367 g/mol. The van der Waals surface area contributed by atoms with Crippen LogP contribution in [0, 0.1) is 11.6 Å². The molecule has 1 fully saturated rings. The quantitative estimate of drug-likeness (QED) is 0.813. The molecule has 8 heteroatoms. The van der Waals surface area contributed by atoms with Crippen LogP contribution in [0.25, 0.3) is 0 Å². The van der Waals surface area contributed by atoms with Crippen LogP contribution in [0.2, 0.25) is 0 Å². The van der Waals surface area contributed by atoms with Crippen LogP contribution in [0.3, 0.4) is 0 Å². The fraction of sp³-hybridized carbons (Fsp3) is 0.500. The van der Waals surface area contributed by atoms with Crippen molar-refractivity contribution in [2.24, 2.45) is 0 Å². The minimum Gasteiger partial charge on any atom is -0.336 e. The van der Waals surface area contributed by atoms with Gasteiger partial charge >= 0.3 is 6.03 Å². The van der Waals surface area contributed by atoms with E-state index in [0.717, 1.165) is 23.1 Å². The Bertz CT molecular complexity index is 743. The molecule has 0 radical (unpaired) electrons. The van der Waals surface area contributed by atoms with Crippen molar-refractivity contribution in [3.63, 3.8) is 0 Å². The summed E-state index contributed by atoms with van der Waals surface area (Å²) in [5.41, 5.74) is -2.06. The summed E-state index contributed by atoms with van der Waals surface area (Å²) in [5.74, 6) is -2.75. The van der Waals surface area contributed by atoms with Crippen molar-refractivity contribution in [3.05, 3.63) is 35.4 Å². The summed E-state index contributed by atoms with van der Waals surface area (Å²) in [5, 5.41) is 2.38. The summed E-state index contributed by atoms with van der Waals surface area (Å²) in [7, 11) is 0. The smallest absolute Gasteiger partial charge is 0.325 e. The number of carbonyl (C=O) groups is 3. The first kappa shape index (κ1) is 19.8. The van der Waals surface area contributed by atoms with E-state index in [1.165, 1.54) is 6.92 Å². The number of hydrogen-bond donors (Lipinski definition) is 1. The second kappa shape index (κ2) is 7.01. The predicted molar refractivity (Wildman–Crippen MR) is 91.1 cm³/mol. The topological polar surface area (TPSA) is 69.7 Å². The van der Waals surface area contributed by atoms with Crippen molar-refractivity contribution in [2.45, 2.75) is 52.2 Å². The maximum Gasteiger partial charge on any atom is 0.325 e. The van der Waals surface area contributed by atoms with Gasteiger partial charge in [-0.15, -0.1) is 0 Å². The van der Waals surface area contributed by atoms with Gasteiger partial charge in [-0.2, -0.15) is 0 Å². The van der Waals surface area contributed by atoms with E-state index in [1.54, 1.807) is 4.90 Å². The van der Waals surface area contributed by atoms with Crippen molar-refractivity contribution in [1.29, 1.82) is 0 Å². The number of halogens is 2. The summed E-state index contributed by atoms with van der Waals surface area (Å²) >= 11 is 0. The summed E-state index contributed by atoms with van der Waals surface area (Å²) < 4.78 is 27.7. The zero-order chi connectivity index (χ0) is 19.8. The highest BCUT2D eigenvalue weighted by Gasteiger charge is 2.51. The lowest BCUT2D eigenvalue weighted by Gasteiger charge is -2.32. The maximum absolute atomic E-state index is 14.1. The fourth-order valence-electron chi connectivity index (χ4n) is 3.29. The number of benzene rings is 1. The first-order chi connectivity index (χ1) is 12.0. The van der Waals surface area contributed by atoms with E-state index in [1.807, 2.05) is 27.7 Å². The number of imide groups is 1. The molecule has 0 bridgehead atoms. The van der Waals surface area contributed by atoms with E-state index in [9.17, 15) is 23.2 Å². The summed E-state index contributed by atoms with van der Waals surface area (Å²) in [6.07, 6.45) is 0. The summed E-state index contributed by atoms with van der Waals surface area (Å²) in [6.45, 7) is 8.14. The lowest BCUT2D eigenvalue weighted by atomic mass is 9.91. The lowest BCUT2D eigenvalue weighted by molar-refractivity contribution is -0.141. The first-order valence-electron chi connectivity index (χ1n) is 8.39. The molecule has 0 saturated carbocycles. The Kier molecular flexibility index (Phi) is 5.34. The molecule has 2 rings (SSSR count). The number of nitrogens with one attached hydrogen (secondary N) is 1. The standard InChI is InChI=1S/C18H23F2N3O3/c1-10(2)23(11(3)4)15(24)9-22-16(25)18(5,21-17(22)26)13-8-12(19)6-7-14(13)20/h6-8,10-11H,9H2,1-5H3,(H,21,26)/t18-/m1/s1. The van der Waals surface area contributed by atoms with Gasteiger partial charge in [0, 0.05) is 17.6 Å². The number of amides is 4.